The van der Waals surface area contributed by atoms with Crippen LogP contribution in [0.4, 0.5) is 13.2 Å². The van der Waals surface area contributed by atoms with Crippen LogP contribution in [0.3, 0.4) is 0 Å². The summed E-state index contributed by atoms with van der Waals surface area (Å²) < 4.78 is 37.5. The van der Waals surface area contributed by atoms with Crippen LogP contribution in [0.2, 0.25) is 0 Å². The van der Waals surface area contributed by atoms with E-state index in [0.717, 1.165) is 13.8 Å². The number of aromatic amines is 1. The fraction of sp³-hybridized carbons (Fsp3) is 0.714. The molecule has 8 heteroatoms. The number of nitrogens with one attached hydrogen (secondary N) is 1. The lowest BCUT2D eigenvalue weighted by atomic mass is 9.92. The summed E-state index contributed by atoms with van der Waals surface area (Å²) >= 11 is 0. The summed E-state index contributed by atoms with van der Waals surface area (Å²) in [5.41, 5.74) is 3.14. The number of nitrogens with zero attached hydrogens (tertiary/aromatic N) is 2. The molecule has 0 spiro atoms. The maximum atomic E-state index is 12.5. The molecule has 0 aromatic carbocycles. The smallest absolute Gasteiger partial charge is 0.324 e. The van der Waals surface area contributed by atoms with Crippen molar-refractivity contribution in [2.75, 3.05) is 0 Å². The maximum Gasteiger partial charge on any atom is 0.401 e. The van der Waals surface area contributed by atoms with Gasteiger partial charge in [0.05, 0.1) is 6.54 Å². The minimum Gasteiger partial charge on any atom is -0.324 e. The second-order valence-corrected chi connectivity index (χ2v) is 3.43. The molecule has 0 saturated carbocycles. The van der Waals surface area contributed by atoms with E-state index in [4.69, 9.17) is 5.73 Å². The fourth-order valence-electron chi connectivity index (χ4n) is 0.793. The SMILES string of the molecule is Br.CC(C)(c1n[nH]c(CN)n1)C(F)(F)F. The molecule has 0 aliphatic carbocycles. The minimum atomic E-state index is -4.37. The first-order valence-corrected chi connectivity index (χ1v) is 3.97. The van der Waals surface area contributed by atoms with E-state index in [1.165, 1.54) is 0 Å². The van der Waals surface area contributed by atoms with Gasteiger partial charge in [0.15, 0.2) is 5.82 Å². The van der Waals surface area contributed by atoms with Gasteiger partial charge < -0.3 is 5.73 Å². The highest BCUT2D eigenvalue weighted by molar-refractivity contribution is 8.93. The van der Waals surface area contributed by atoms with Crippen LogP contribution in [0.1, 0.15) is 25.5 Å². The Morgan fingerprint density at radius 1 is 1.33 bits per heavy atom. The summed E-state index contributed by atoms with van der Waals surface area (Å²) in [7, 11) is 0. The van der Waals surface area contributed by atoms with E-state index in [0.29, 0.717) is 0 Å². The summed E-state index contributed by atoms with van der Waals surface area (Å²) in [4.78, 5) is 3.66. The molecule has 0 unspecified atom stereocenters. The van der Waals surface area contributed by atoms with Gasteiger partial charge in [-0.1, -0.05) is 0 Å². The Labute approximate surface area is 95.2 Å². The number of hydrogen-bond acceptors (Lipinski definition) is 3. The van der Waals surface area contributed by atoms with E-state index in [2.05, 4.69) is 15.2 Å². The maximum absolute atomic E-state index is 12.5. The first kappa shape index (κ1) is 14.4. The van der Waals surface area contributed by atoms with Gasteiger partial charge in [0.1, 0.15) is 11.2 Å². The molecule has 0 aliphatic heterocycles. The van der Waals surface area contributed by atoms with E-state index in [1.54, 1.807) is 0 Å². The fourth-order valence-corrected chi connectivity index (χ4v) is 0.793. The zero-order chi connectivity index (χ0) is 11.0. The van der Waals surface area contributed by atoms with Crippen molar-refractivity contribution < 1.29 is 13.2 Å². The van der Waals surface area contributed by atoms with Crippen LogP contribution in [0, 0.1) is 0 Å². The van der Waals surface area contributed by atoms with E-state index in [1.807, 2.05) is 0 Å². The van der Waals surface area contributed by atoms with Crippen LogP contribution in [0.25, 0.3) is 0 Å². The molecule has 0 bridgehead atoms. The second-order valence-electron chi connectivity index (χ2n) is 3.43. The van der Waals surface area contributed by atoms with Crippen molar-refractivity contribution in [3.8, 4) is 0 Å². The van der Waals surface area contributed by atoms with Crippen molar-refractivity contribution >= 4 is 17.0 Å². The Balaban J connectivity index is 0.00000196. The summed E-state index contributed by atoms with van der Waals surface area (Å²) in [6.45, 7) is 2.09. The average molecular weight is 289 g/mol. The highest BCUT2D eigenvalue weighted by Gasteiger charge is 2.51. The van der Waals surface area contributed by atoms with Crippen LogP contribution in [0.5, 0.6) is 0 Å². The number of H-pyrrole nitrogens is 1. The number of hydrogen-bond donors (Lipinski definition) is 2. The van der Waals surface area contributed by atoms with Crippen LogP contribution in [0.15, 0.2) is 0 Å². The van der Waals surface area contributed by atoms with Gasteiger partial charge in [0, 0.05) is 0 Å². The summed E-state index contributed by atoms with van der Waals surface area (Å²) in [5.74, 6) is -0.0391. The predicted octanol–water partition coefficient (Wildman–Crippen LogP) is 1.68. The number of aromatic nitrogens is 3. The molecule has 0 aliphatic rings. The van der Waals surface area contributed by atoms with Crippen molar-refractivity contribution in [1.29, 1.82) is 0 Å². The molecule has 0 amide bonds. The van der Waals surface area contributed by atoms with Crippen LogP contribution in [-0.2, 0) is 12.0 Å². The van der Waals surface area contributed by atoms with Gasteiger partial charge in [0.2, 0.25) is 0 Å². The molecular weight excluding hydrogens is 277 g/mol. The topological polar surface area (TPSA) is 67.6 Å². The monoisotopic (exact) mass is 288 g/mol. The second kappa shape index (κ2) is 4.48. The first-order valence-electron chi connectivity index (χ1n) is 3.97. The van der Waals surface area contributed by atoms with Gasteiger partial charge in [-0.2, -0.15) is 18.3 Å². The van der Waals surface area contributed by atoms with Gasteiger partial charge >= 0.3 is 6.18 Å². The molecule has 4 nitrogen and oxygen atoms in total. The summed E-state index contributed by atoms with van der Waals surface area (Å²) in [6.07, 6.45) is -4.37. The quantitative estimate of drug-likeness (QED) is 0.870. The molecule has 1 rings (SSSR count). The third-order valence-corrected chi connectivity index (χ3v) is 1.99. The highest BCUT2D eigenvalue weighted by atomic mass is 79.9. The molecule has 1 aromatic rings. The van der Waals surface area contributed by atoms with Crippen molar-refractivity contribution in [2.24, 2.45) is 5.73 Å². The minimum absolute atomic E-state index is 0. The average Bonchev–Trinajstić information content (AvgIpc) is 2.49. The normalized spacial score (nSPS) is 12.4. The van der Waals surface area contributed by atoms with Crippen molar-refractivity contribution in [1.82, 2.24) is 15.2 Å². The predicted molar refractivity (Wildman–Crippen MR) is 53.7 cm³/mol. The summed E-state index contributed by atoms with van der Waals surface area (Å²) in [5, 5.41) is 5.84. The molecule has 0 radical (unpaired) electrons. The van der Waals surface area contributed by atoms with Gasteiger partial charge in [-0.05, 0) is 13.8 Å². The largest absolute Gasteiger partial charge is 0.401 e. The summed E-state index contributed by atoms with van der Waals surface area (Å²) in [6, 6.07) is 0. The van der Waals surface area contributed by atoms with Crippen LogP contribution in [-0.4, -0.2) is 21.4 Å². The number of halogens is 4. The zero-order valence-electron chi connectivity index (χ0n) is 8.22. The Hall–Kier alpha value is -0.630. The van der Waals surface area contributed by atoms with Gasteiger partial charge in [-0.25, -0.2) is 4.98 Å². The van der Waals surface area contributed by atoms with Gasteiger partial charge in [0.25, 0.3) is 0 Å². The van der Waals surface area contributed by atoms with E-state index < -0.39 is 11.6 Å². The van der Waals surface area contributed by atoms with Crippen molar-refractivity contribution in [2.45, 2.75) is 32.0 Å². The highest BCUT2D eigenvalue weighted by Crippen LogP contribution is 2.38. The number of alkyl halides is 3. The van der Waals surface area contributed by atoms with Crippen LogP contribution < -0.4 is 5.73 Å². The lowest BCUT2D eigenvalue weighted by molar-refractivity contribution is -0.182. The molecule has 0 fully saturated rings. The third kappa shape index (κ3) is 2.69. The zero-order valence-corrected chi connectivity index (χ0v) is 9.93. The van der Waals surface area contributed by atoms with E-state index >= 15 is 0 Å². The lowest BCUT2D eigenvalue weighted by Gasteiger charge is -2.23. The number of nitrogens with two attached hydrogens (primary N) is 1. The van der Waals surface area contributed by atoms with E-state index in [9.17, 15) is 13.2 Å². The van der Waals surface area contributed by atoms with Crippen molar-refractivity contribution in [3.63, 3.8) is 0 Å². The molecule has 1 aromatic heterocycles. The molecular formula is C7H12BrF3N4. The molecule has 1 heterocycles. The van der Waals surface area contributed by atoms with E-state index in [-0.39, 0.29) is 35.2 Å². The van der Waals surface area contributed by atoms with Crippen molar-refractivity contribution in [3.05, 3.63) is 11.6 Å². The molecule has 3 N–H and O–H groups in total. The Bertz CT molecular complexity index is 320. The third-order valence-electron chi connectivity index (χ3n) is 1.99. The standard InChI is InChI=1S/C7H11F3N4.BrH/c1-6(2,7(8,9)10)5-12-4(3-11)13-14-5;/h3,11H2,1-2H3,(H,12,13,14);1H. The molecule has 15 heavy (non-hydrogen) atoms. The first-order chi connectivity index (χ1) is 6.29. The van der Waals surface area contributed by atoms with Crippen LogP contribution >= 0.6 is 17.0 Å². The Morgan fingerprint density at radius 3 is 2.20 bits per heavy atom. The molecule has 88 valence electrons. The lowest BCUT2D eigenvalue weighted by Crippen LogP contribution is -2.37. The Kier molecular flexibility index (Phi) is 4.29. The van der Waals surface area contributed by atoms with Gasteiger partial charge in [-0.3, -0.25) is 5.10 Å². The number of rotatable bonds is 2. The Morgan fingerprint density at radius 2 is 1.87 bits per heavy atom. The molecule has 0 saturated heterocycles. The molecule has 0 atom stereocenters. The van der Waals surface area contributed by atoms with Gasteiger partial charge in [-0.15, -0.1) is 17.0 Å².